The van der Waals surface area contributed by atoms with Crippen LogP contribution in [0, 0.1) is 0 Å². The summed E-state index contributed by atoms with van der Waals surface area (Å²) in [7, 11) is -3.94. The van der Waals surface area contributed by atoms with Gasteiger partial charge in [-0.2, -0.15) is 22.5 Å². The quantitative estimate of drug-likeness (QED) is 0.508. The lowest BCUT2D eigenvalue weighted by molar-refractivity contribution is -0.167. The highest BCUT2D eigenvalue weighted by atomic mass is 32.2. The van der Waals surface area contributed by atoms with Gasteiger partial charge in [0.05, 0.1) is 10.9 Å². The van der Waals surface area contributed by atoms with Crippen molar-refractivity contribution in [2.24, 2.45) is 0 Å². The van der Waals surface area contributed by atoms with Crippen molar-refractivity contribution in [1.82, 2.24) is 14.3 Å². The topological polar surface area (TPSA) is 105 Å². The first-order valence-electron chi connectivity index (χ1n) is 11.8. The van der Waals surface area contributed by atoms with Crippen molar-refractivity contribution in [3.8, 4) is 5.88 Å². The Labute approximate surface area is 215 Å². The van der Waals surface area contributed by atoms with E-state index in [2.05, 4.69) is 15.3 Å². The average molecular weight is 569 g/mol. The number of hydrogen-bond acceptors (Lipinski definition) is 7. The number of nitrogens with one attached hydrogen (secondary N) is 1. The molecule has 8 nitrogen and oxygen atoms in total. The highest BCUT2D eigenvalue weighted by Gasteiger charge is 2.50. The van der Waals surface area contributed by atoms with E-state index in [0.29, 0.717) is 6.20 Å². The number of anilines is 1. The van der Waals surface area contributed by atoms with E-state index in [-0.39, 0.29) is 17.9 Å². The van der Waals surface area contributed by atoms with Gasteiger partial charge >= 0.3 is 6.18 Å². The molecule has 2 aromatic rings. The zero-order valence-corrected chi connectivity index (χ0v) is 20.9. The van der Waals surface area contributed by atoms with Crippen LogP contribution in [0.25, 0.3) is 0 Å². The number of aliphatic hydroxyl groups is 1. The van der Waals surface area contributed by atoms with Crippen LogP contribution >= 0.6 is 0 Å². The maximum absolute atomic E-state index is 15.0. The predicted octanol–water partition coefficient (Wildman–Crippen LogP) is 4.03. The molecule has 1 aliphatic heterocycles. The summed E-state index contributed by atoms with van der Waals surface area (Å²) in [6.07, 6.45) is -9.87. The second kappa shape index (κ2) is 10.2. The summed E-state index contributed by atoms with van der Waals surface area (Å²) in [4.78, 5) is 7.32. The van der Waals surface area contributed by atoms with Crippen molar-refractivity contribution in [3.63, 3.8) is 0 Å². The van der Waals surface area contributed by atoms with Crippen molar-refractivity contribution < 1.29 is 44.6 Å². The summed E-state index contributed by atoms with van der Waals surface area (Å²) >= 11 is 0. The molecule has 1 saturated carbocycles. The fourth-order valence-electron chi connectivity index (χ4n) is 4.58. The molecule has 1 aliphatic carbocycles. The normalized spacial score (nSPS) is 28.6. The van der Waals surface area contributed by atoms with Crippen LogP contribution in [-0.2, 0) is 16.2 Å². The average Bonchev–Trinajstić information content (AvgIpc) is 2.81. The number of aromatic nitrogens is 2. The van der Waals surface area contributed by atoms with E-state index in [1.807, 2.05) is 0 Å². The molecule has 1 aromatic heterocycles. The molecule has 210 valence electrons. The molecule has 2 heterocycles. The Morgan fingerprint density at radius 1 is 1.18 bits per heavy atom. The van der Waals surface area contributed by atoms with Crippen molar-refractivity contribution in [1.29, 1.82) is 0 Å². The second-order valence-corrected chi connectivity index (χ2v) is 11.6. The fourth-order valence-corrected chi connectivity index (χ4v) is 6.07. The zero-order valence-electron chi connectivity index (χ0n) is 20.1. The van der Waals surface area contributed by atoms with Crippen molar-refractivity contribution in [3.05, 3.63) is 42.1 Å². The molecule has 2 N–H and O–H groups in total. The Balaban J connectivity index is 1.50. The van der Waals surface area contributed by atoms with E-state index >= 15 is 4.39 Å². The van der Waals surface area contributed by atoms with Gasteiger partial charge in [0, 0.05) is 32.1 Å². The predicted molar refractivity (Wildman–Crippen MR) is 123 cm³/mol. The Hall–Kier alpha value is -2.65. The maximum atomic E-state index is 15.0. The first-order valence-corrected chi connectivity index (χ1v) is 13.2. The lowest BCUT2D eigenvalue weighted by Gasteiger charge is -2.40. The van der Waals surface area contributed by atoms with Crippen LogP contribution in [0.1, 0.15) is 38.2 Å². The molecule has 0 spiro atoms. The number of alkyl halides is 6. The van der Waals surface area contributed by atoms with Crippen molar-refractivity contribution in [2.45, 2.75) is 73.5 Å². The van der Waals surface area contributed by atoms with Crippen LogP contribution < -0.4 is 10.1 Å². The number of sulfonamides is 1. The summed E-state index contributed by atoms with van der Waals surface area (Å²) in [6.45, 7) is 0.472. The van der Waals surface area contributed by atoms with Crippen LogP contribution in [0.15, 0.2) is 41.4 Å². The molecule has 0 unspecified atom stereocenters. The van der Waals surface area contributed by atoms with E-state index in [4.69, 9.17) is 4.74 Å². The molecule has 2 aliphatic rings. The van der Waals surface area contributed by atoms with Gasteiger partial charge in [-0.1, -0.05) is 18.2 Å². The summed E-state index contributed by atoms with van der Waals surface area (Å²) in [5, 5.41) is 13.0. The van der Waals surface area contributed by atoms with E-state index < -0.39 is 89.2 Å². The molecule has 1 aromatic carbocycles. The van der Waals surface area contributed by atoms with E-state index in [9.17, 15) is 35.5 Å². The third-order valence-corrected chi connectivity index (χ3v) is 8.47. The fraction of sp³-hybridized carbons (Fsp3) is 0.565. The number of piperidine rings is 1. The van der Waals surface area contributed by atoms with Crippen LogP contribution in [-0.4, -0.2) is 70.7 Å². The number of hydrogen-bond donors (Lipinski definition) is 2. The Bertz CT molecular complexity index is 1250. The molecular weight excluding hydrogens is 542 g/mol. The maximum Gasteiger partial charge on any atom is 0.423 e. The molecule has 0 amide bonds. The first kappa shape index (κ1) is 28.4. The van der Waals surface area contributed by atoms with Gasteiger partial charge in [0.1, 0.15) is 23.4 Å². The third kappa shape index (κ3) is 6.15. The Morgan fingerprint density at radius 2 is 1.87 bits per heavy atom. The van der Waals surface area contributed by atoms with Crippen LogP contribution in [0.4, 0.5) is 32.3 Å². The number of nitrogens with zero attached hydrogens (tertiary/aromatic N) is 3. The van der Waals surface area contributed by atoms with Gasteiger partial charge in [-0.25, -0.2) is 26.6 Å². The molecule has 0 radical (unpaired) electrons. The number of benzene rings is 1. The van der Waals surface area contributed by atoms with Gasteiger partial charge in [-0.3, -0.25) is 0 Å². The standard InChI is InChI=1S/C23H26F6N4O4S/c1-21(34)13-22(25,26)9-7-18(21)37-19-15(23(27,28)29)11-30-20(32-19)31-17-8-10-33(12-16(17)24)38(35,36)14-5-3-2-4-6-14/h2-6,11,16-18,34H,7-10,12-13H2,1H3,(H,30,31,32)/t16-,17+,18-,21+/m1/s1. The van der Waals surface area contributed by atoms with Crippen LogP contribution in [0.5, 0.6) is 5.88 Å². The minimum Gasteiger partial charge on any atom is -0.471 e. The Kier molecular flexibility index (Phi) is 7.58. The van der Waals surface area contributed by atoms with E-state index in [0.717, 1.165) is 11.2 Å². The highest BCUT2D eigenvalue weighted by molar-refractivity contribution is 7.89. The SMILES string of the molecule is C[C@]1(O)CC(F)(F)CC[C@H]1Oc1nc(N[C@H]2CCN(S(=O)(=O)c3ccccc3)C[C@H]2F)ncc1C(F)(F)F. The monoisotopic (exact) mass is 568 g/mol. The van der Waals surface area contributed by atoms with Gasteiger partial charge in [0.25, 0.3) is 5.92 Å². The third-order valence-electron chi connectivity index (χ3n) is 6.60. The molecule has 1 saturated heterocycles. The van der Waals surface area contributed by atoms with Gasteiger partial charge in [0.2, 0.25) is 21.9 Å². The van der Waals surface area contributed by atoms with Crippen LogP contribution in [0.2, 0.25) is 0 Å². The van der Waals surface area contributed by atoms with Crippen molar-refractivity contribution in [2.75, 3.05) is 18.4 Å². The van der Waals surface area contributed by atoms with Crippen LogP contribution in [0.3, 0.4) is 0 Å². The van der Waals surface area contributed by atoms with E-state index in [1.165, 1.54) is 24.3 Å². The molecule has 15 heteroatoms. The molecule has 38 heavy (non-hydrogen) atoms. The highest BCUT2D eigenvalue weighted by Crippen LogP contribution is 2.42. The zero-order chi connectivity index (χ0) is 27.9. The van der Waals surface area contributed by atoms with E-state index in [1.54, 1.807) is 6.07 Å². The molecule has 0 bridgehead atoms. The minimum atomic E-state index is -4.96. The summed E-state index contributed by atoms with van der Waals surface area (Å²) in [5.41, 5.74) is -3.53. The first-order chi connectivity index (χ1) is 17.6. The van der Waals surface area contributed by atoms with Gasteiger partial charge in [-0.05, 0) is 31.9 Å². The summed E-state index contributed by atoms with van der Waals surface area (Å²) in [5.74, 6) is -4.63. The largest absolute Gasteiger partial charge is 0.471 e. The molecule has 2 fully saturated rings. The Morgan fingerprint density at radius 3 is 2.47 bits per heavy atom. The molecular formula is C23H26F6N4O4S. The minimum absolute atomic E-state index is 0.00262. The lowest BCUT2D eigenvalue weighted by Crippen LogP contribution is -2.52. The number of halogens is 6. The van der Waals surface area contributed by atoms with Gasteiger partial charge in [-0.15, -0.1) is 0 Å². The van der Waals surface area contributed by atoms with Gasteiger partial charge in [0.15, 0.2) is 0 Å². The second-order valence-electron chi connectivity index (χ2n) is 9.68. The molecule has 4 atom stereocenters. The van der Waals surface area contributed by atoms with Crippen molar-refractivity contribution >= 4 is 16.0 Å². The molecule has 4 rings (SSSR count). The number of ether oxygens (including phenoxy) is 1. The van der Waals surface area contributed by atoms with Gasteiger partial charge < -0.3 is 15.2 Å². The summed E-state index contributed by atoms with van der Waals surface area (Å²) in [6, 6.07) is 6.45. The number of rotatable bonds is 6. The summed E-state index contributed by atoms with van der Waals surface area (Å²) < 4.78 is 115. The smallest absolute Gasteiger partial charge is 0.423 e. The lowest BCUT2D eigenvalue weighted by atomic mass is 9.81.